The van der Waals surface area contributed by atoms with Gasteiger partial charge in [0.1, 0.15) is 0 Å². The second kappa shape index (κ2) is 7.78. The van der Waals surface area contributed by atoms with Crippen LogP contribution in [0.2, 0.25) is 5.02 Å². The molecule has 35 heavy (non-hydrogen) atoms. The molecule has 0 bridgehead atoms. The maximum Gasteiger partial charge on any atom is 0.291 e. The molecule has 0 aliphatic carbocycles. The molecule has 2 aliphatic rings. The van der Waals surface area contributed by atoms with Gasteiger partial charge in [-0.1, -0.05) is 41.9 Å². The number of aryl methyl sites for hydroxylation is 1. The number of fused-ring (bicyclic) bond motifs is 4. The molecule has 1 aromatic heterocycles. The molecule has 0 fully saturated rings. The van der Waals surface area contributed by atoms with E-state index in [1.54, 1.807) is 16.8 Å². The largest absolute Gasteiger partial charge is 0.317 e. The van der Waals surface area contributed by atoms with Gasteiger partial charge in [-0.05, 0) is 42.8 Å². The zero-order chi connectivity index (χ0) is 24.3. The van der Waals surface area contributed by atoms with Crippen LogP contribution < -0.4 is 10.2 Å². The van der Waals surface area contributed by atoms with Crippen molar-refractivity contribution < 1.29 is 9.72 Å². The van der Waals surface area contributed by atoms with Gasteiger partial charge in [0.05, 0.1) is 33.7 Å². The number of hydrogen-bond acceptors (Lipinski definition) is 6. The van der Waals surface area contributed by atoms with Gasteiger partial charge >= 0.3 is 0 Å². The highest BCUT2D eigenvalue weighted by atomic mass is 35.5. The van der Waals surface area contributed by atoms with Gasteiger partial charge in [0.2, 0.25) is 5.84 Å². The Morgan fingerprint density at radius 2 is 1.74 bits per heavy atom. The summed E-state index contributed by atoms with van der Waals surface area (Å²) in [7, 11) is 0. The third-order valence-corrected chi connectivity index (χ3v) is 6.52. The first-order valence-corrected chi connectivity index (χ1v) is 11.2. The number of non-ortho nitro benzene ring substituents is 1. The lowest BCUT2D eigenvalue weighted by molar-refractivity contribution is -0.384. The van der Waals surface area contributed by atoms with Crippen LogP contribution in [0.4, 0.5) is 22.9 Å². The third kappa shape index (κ3) is 3.20. The van der Waals surface area contributed by atoms with Gasteiger partial charge in [-0.3, -0.25) is 14.9 Å². The van der Waals surface area contributed by atoms with E-state index in [4.69, 9.17) is 21.7 Å². The highest BCUT2D eigenvalue weighted by Crippen LogP contribution is 2.48. The second-order valence-electron chi connectivity index (χ2n) is 8.21. The molecule has 1 amide bonds. The molecule has 4 aromatic rings. The molecule has 0 saturated carbocycles. The molecule has 3 aromatic carbocycles. The van der Waals surface area contributed by atoms with Crippen LogP contribution in [0.3, 0.4) is 0 Å². The van der Waals surface area contributed by atoms with Crippen molar-refractivity contribution in [3.8, 4) is 5.69 Å². The molecule has 1 atom stereocenters. The van der Waals surface area contributed by atoms with Gasteiger partial charge in [-0.15, -0.1) is 0 Å². The van der Waals surface area contributed by atoms with Crippen LogP contribution >= 0.6 is 11.6 Å². The first-order chi connectivity index (χ1) is 16.9. The summed E-state index contributed by atoms with van der Waals surface area (Å²) < 4.78 is 1.61. The van der Waals surface area contributed by atoms with E-state index in [2.05, 4.69) is 5.32 Å². The molecule has 2 aliphatic heterocycles. The number of halogens is 1. The van der Waals surface area contributed by atoms with Gasteiger partial charge in [0.15, 0.2) is 5.82 Å². The van der Waals surface area contributed by atoms with E-state index < -0.39 is 11.0 Å². The molecular weight excluding hydrogens is 468 g/mol. The van der Waals surface area contributed by atoms with Crippen molar-refractivity contribution in [1.82, 2.24) is 9.78 Å². The Kier molecular flexibility index (Phi) is 4.68. The smallest absolute Gasteiger partial charge is 0.291 e. The zero-order valence-electron chi connectivity index (χ0n) is 18.3. The first-order valence-electron chi connectivity index (χ1n) is 10.8. The van der Waals surface area contributed by atoms with Gasteiger partial charge in [0, 0.05) is 22.7 Å². The summed E-state index contributed by atoms with van der Waals surface area (Å²) in [6, 6.07) is 20.6. The van der Waals surface area contributed by atoms with E-state index in [-0.39, 0.29) is 17.4 Å². The minimum atomic E-state index is -0.467. The van der Waals surface area contributed by atoms with E-state index in [9.17, 15) is 14.9 Å². The molecule has 0 radical (unpaired) electrons. The number of anilines is 2. The average molecular weight is 485 g/mol. The predicted molar refractivity (Wildman–Crippen MR) is 133 cm³/mol. The predicted octanol–water partition coefficient (Wildman–Crippen LogP) is 5.33. The van der Waals surface area contributed by atoms with Crippen molar-refractivity contribution in [3.05, 3.63) is 105 Å². The Morgan fingerprint density at radius 1 is 1.03 bits per heavy atom. The molecule has 172 valence electrons. The maximum atomic E-state index is 13.2. The van der Waals surface area contributed by atoms with Crippen LogP contribution in [0.5, 0.6) is 0 Å². The van der Waals surface area contributed by atoms with Crippen LogP contribution in [-0.4, -0.2) is 26.4 Å². The summed E-state index contributed by atoms with van der Waals surface area (Å²) in [5, 5.41) is 19.3. The van der Waals surface area contributed by atoms with Crippen molar-refractivity contribution in [2.24, 2.45) is 4.99 Å². The lowest BCUT2D eigenvalue weighted by Gasteiger charge is -2.40. The van der Waals surface area contributed by atoms with E-state index in [1.807, 2.05) is 60.4 Å². The monoisotopic (exact) mass is 484 g/mol. The van der Waals surface area contributed by atoms with Crippen molar-refractivity contribution in [1.29, 1.82) is 0 Å². The van der Waals surface area contributed by atoms with E-state index in [1.165, 1.54) is 12.1 Å². The lowest BCUT2D eigenvalue weighted by atomic mass is 9.93. The number of aromatic nitrogens is 2. The van der Waals surface area contributed by atoms with Gasteiger partial charge in [-0.2, -0.15) is 5.10 Å². The Hall–Kier alpha value is -4.50. The second-order valence-corrected chi connectivity index (χ2v) is 8.62. The zero-order valence-corrected chi connectivity index (χ0v) is 19.1. The van der Waals surface area contributed by atoms with Crippen molar-refractivity contribution in [2.45, 2.75) is 13.0 Å². The van der Waals surface area contributed by atoms with Crippen molar-refractivity contribution >= 4 is 46.2 Å². The standard InChI is InChI=1S/C25H17ClN6O3/c1-14-21-22(17-6-2-3-7-18(17)26)30-20-9-5-4-8-19(20)27-25(33)24(30)28-23(21)31(29-14)15-10-12-16(13-11-15)32(34)35/h2-13,22H,1H3,(H,27,33)/t22-/m0/s1. The van der Waals surface area contributed by atoms with Crippen LogP contribution in [0.1, 0.15) is 22.9 Å². The van der Waals surface area contributed by atoms with E-state index >= 15 is 0 Å². The number of hydrogen-bond donors (Lipinski definition) is 1. The quantitative estimate of drug-likeness (QED) is 0.312. The molecule has 0 spiro atoms. The Morgan fingerprint density at radius 3 is 2.49 bits per heavy atom. The number of rotatable bonds is 3. The molecule has 3 heterocycles. The fourth-order valence-corrected chi connectivity index (χ4v) is 4.87. The Balaban J connectivity index is 1.63. The SMILES string of the molecule is Cc1nn(-c2ccc([N+](=O)[O-])cc2)c2c1[C@H](c1ccccc1Cl)N1C(=N2)C(=O)Nc2ccccc21. The number of benzene rings is 3. The maximum absolute atomic E-state index is 13.2. The molecule has 10 heteroatoms. The van der Waals surface area contributed by atoms with Crippen LogP contribution in [-0.2, 0) is 4.79 Å². The van der Waals surface area contributed by atoms with Gasteiger partial charge in [0.25, 0.3) is 11.6 Å². The van der Waals surface area contributed by atoms with Crippen LogP contribution in [0.25, 0.3) is 5.69 Å². The van der Waals surface area contributed by atoms with E-state index in [0.29, 0.717) is 27.9 Å². The fourth-order valence-electron chi connectivity index (χ4n) is 4.63. The average Bonchev–Trinajstić information content (AvgIpc) is 3.20. The minimum Gasteiger partial charge on any atom is -0.317 e. The van der Waals surface area contributed by atoms with Crippen molar-refractivity contribution in [2.75, 3.05) is 10.2 Å². The summed E-state index contributed by atoms with van der Waals surface area (Å²) in [5.74, 6) is 0.340. The van der Waals surface area contributed by atoms with Crippen LogP contribution in [0.15, 0.2) is 77.8 Å². The summed E-state index contributed by atoms with van der Waals surface area (Å²) in [5.41, 5.74) is 4.34. The molecule has 0 unspecified atom stereocenters. The number of nitro groups is 1. The number of amidine groups is 1. The lowest BCUT2D eigenvalue weighted by Crippen LogP contribution is -2.48. The summed E-state index contributed by atoms with van der Waals surface area (Å²) in [6.07, 6.45) is 0. The Labute approximate surface area is 204 Å². The van der Waals surface area contributed by atoms with Crippen molar-refractivity contribution in [3.63, 3.8) is 0 Å². The Bertz CT molecular complexity index is 1560. The number of para-hydroxylation sites is 2. The number of nitro benzene ring substituents is 1. The summed E-state index contributed by atoms with van der Waals surface area (Å²) in [6.45, 7) is 1.88. The number of nitrogens with one attached hydrogen (secondary N) is 1. The number of aliphatic imine (C=N–C) groups is 1. The molecule has 9 nitrogen and oxygen atoms in total. The fraction of sp³-hybridized carbons (Fsp3) is 0.0800. The van der Waals surface area contributed by atoms with Gasteiger partial charge < -0.3 is 10.2 Å². The first kappa shape index (κ1) is 21.1. The summed E-state index contributed by atoms with van der Waals surface area (Å²) in [4.78, 5) is 30.5. The number of carbonyl (C=O) groups excluding carboxylic acids is 1. The molecule has 6 rings (SSSR count). The number of amides is 1. The van der Waals surface area contributed by atoms with Crippen LogP contribution in [0, 0.1) is 17.0 Å². The summed E-state index contributed by atoms with van der Waals surface area (Å²) >= 11 is 6.68. The van der Waals surface area contributed by atoms with Gasteiger partial charge in [-0.25, -0.2) is 9.67 Å². The minimum absolute atomic E-state index is 0.0267. The topological polar surface area (TPSA) is 106 Å². The van der Waals surface area contributed by atoms with E-state index in [0.717, 1.165) is 16.8 Å². The number of nitrogens with zero attached hydrogens (tertiary/aromatic N) is 5. The molecule has 1 N–H and O–H groups in total. The molecular formula is C25H17ClN6O3. The third-order valence-electron chi connectivity index (χ3n) is 6.17. The highest BCUT2D eigenvalue weighted by molar-refractivity contribution is 6.50. The number of carbonyl (C=O) groups is 1. The highest BCUT2D eigenvalue weighted by Gasteiger charge is 2.43. The normalized spacial score (nSPS) is 16.1. The molecule has 0 saturated heterocycles.